The van der Waals surface area contributed by atoms with Crippen molar-refractivity contribution in [3.8, 4) is 0 Å². The first-order valence-electron chi connectivity index (χ1n) is 5.70. The van der Waals surface area contributed by atoms with Crippen LogP contribution >= 0.6 is 11.6 Å². The molecule has 3 heterocycles. The van der Waals surface area contributed by atoms with Crippen LogP contribution in [-0.2, 0) is 4.74 Å². The lowest BCUT2D eigenvalue weighted by Gasteiger charge is -2.12. The second-order valence-corrected chi connectivity index (χ2v) is 4.66. The summed E-state index contributed by atoms with van der Waals surface area (Å²) in [5.41, 5.74) is 6.17. The van der Waals surface area contributed by atoms with Crippen molar-refractivity contribution in [2.75, 3.05) is 12.3 Å². The molecule has 3 atom stereocenters. The highest BCUT2D eigenvalue weighted by Crippen LogP contribution is 2.31. The summed E-state index contributed by atoms with van der Waals surface area (Å²) in [7, 11) is 0. The van der Waals surface area contributed by atoms with Crippen LogP contribution in [0.15, 0.2) is 6.20 Å². The van der Waals surface area contributed by atoms with Gasteiger partial charge in [0.2, 0.25) is 5.28 Å². The van der Waals surface area contributed by atoms with E-state index in [-0.39, 0.29) is 17.7 Å². The number of rotatable bonds is 2. The number of aliphatic hydroxyl groups excluding tert-OH is 2. The predicted octanol–water partition coefficient (Wildman–Crippen LogP) is -0.297. The average Bonchev–Trinajstić information content (AvgIpc) is 2.92. The number of nitrogens with two attached hydrogens (primary N) is 1. The summed E-state index contributed by atoms with van der Waals surface area (Å²) in [4.78, 5) is 7.90. The number of hydrogen-bond acceptors (Lipinski definition) is 7. The molecule has 4 N–H and O–H groups in total. The van der Waals surface area contributed by atoms with Gasteiger partial charge in [-0.05, 0) is 11.6 Å². The number of ether oxygens (including phenoxy) is 1. The highest BCUT2D eigenvalue weighted by atomic mass is 35.5. The smallest absolute Gasteiger partial charge is 0.226 e. The summed E-state index contributed by atoms with van der Waals surface area (Å²) in [6, 6.07) is 0. The largest absolute Gasteiger partial charge is 0.394 e. The first kappa shape index (κ1) is 12.5. The Hall–Kier alpha value is -1.48. The van der Waals surface area contributed by atoms with Gasteiger partial charge in [-0.25, -0.2) is 9.67 Å². The van der Waals surface area contributed by atoms with E-state index in [0.29, 0.717) is 17.5 Å². The molecule has 9 heteroatoms. The van der Waals surface area contributed by atoms with Gasteiger partial charge in [-0.15, -0.1) is 0 Å². The summed E-state index contributed by atoms with van der Waals surface area (Å²) >= 11 is 5.77. The quantitative estimate of drug-likeness (QED) is 0.648. The SMILES string of the molecule is Nc1nc(Cl)nc2c1cnn2[C@@H]1C[C@H](O)[C@@H](CO)O1. The summed E-state index contributed by atoms with van der Waals surface area (Å²) in [5.74, 6) is 0.235. The lowest BCUT2D eigenvalue weighted by atomic mass is 10.2. The number of anilines is 1. The number of nitrogens with zero attached hydrogens (tertiary/aromatic N) is 4. The minimum absolute atomic E-state index is 0.0176. The summed E-state index contributed by atoms with van der Waals surface area (Å²) in [6.45, 7) is -0.255. The summed E-state index contributed by atoms with van der Waals surface area (Å²) in [6.07, 6.45) is -0.0650. The lowest BCUT2D eigenvalue weighted by Crippen LogP contribution is -2.24. The van der Waals surface area contributed by atoms with E-state index in [0.717, 1.165) is 0 Å². The maximum absolute atomic E-state index is 9.73. The third kappa shape index (κ3) is 2.02. The van der Waals surface area contributed by atoms with Gasteiger partial charge in [-0.3, -0.25) is 0 Å². The number of hydrogen-bond donors (Lipinski definition) is 3. The van der Waals surface area contributed by atoms with Gasteiger partial charge in [0.05, 0.1) is 24.3 Å². The Bertz CT molecular complexity index is 618. The van der Waals surface area contributed by atoms with Crippen LogP contribution in [0.25, 0.3) is 11.0 Å². The van der Waals surface area contributed by atoms with Crippen LogP contribution in [0, 0.1) is 0 Å². The number of fused-ring (bicyclic) bond motifs is 1. The van der Waals surface area contributed by atoms with Gasteiger partial charge in [0, 0.05) is 6.42 Å². The van der Waals surface area contributed by atoms with Crippen molar-refractivity contribution in [1.29, 1.82) is 0 Å². The van der Waals surface area contributed by atoms with Gasteiger partial charge in [-0.2, -0.15) is 10.1 Å². The van der Waals surface area contributed by atoms with Gasteiger partial charge in [-0.1, -0.05) is 0 Å². The molecule has 19 heavy (non-hydrogen) atoms. The second kappa shape index (κ2) is 4.57. The van der Waals surface area contributed by atoms with Gasteiger partial charge in [0.15, 0.2) is 11.9 Å². The van der Waals surface area contributed by atoms with Crippen LogP contribution in [0.1, 0.15) is 12.6 Å². The van der Waals surface area contributed by atoms with E-state index in [9.17, 15) is 5.11 Å². The molecule has 0 bridgehead atoms. The fraction of sp³-hybridized carbons (Fsp3) is 0.500. The molecule has 1 saturated heterocycles. The van der Waals surface area contributed by atoms with Gasteiger partial charge < -0.3 is 20.7 Å². The van der Waals surface area contributed by atoms with E-state index in [1.165, 1.54) is 10.9 Å². The molecule has 0 aromatic carbocycles. The zero-order valence-electron chi connectivity index (χ0n) is 9.77. The minimum Gasteiger partial charge on any atom is -0.394 e. The molecule has 0 unspecified atom stereocenters. The normalized spacial score (nSPS) is 27.2. The van der Waals surface area contributed by atoms with E-state index >= 15 is 0 Å². The van der Waals surface area contributed by atoms with E-state index in [1.807, 2.05) is 0 Å². The van der Waals surface area contributed by atoms with E-state index in [4.69, 9.17) is 27.2 Å². The topological polar surface area (TPSA) is 119 Å². The number of aromatic nitrogens is 4. The van der Waals surface area contributed by atoms with Gasteiger partial charge >= 0.3 is 0 Å². The highest BCUT2D eigenvalue weighted by Gasteiger charge is 2.35. The number of halogens is 1. The monoisotopic (exact) mass is 285 g/mol. The van der Waals surface area contributed by atoms with Crippen LogP contribution in [0.3, 0.4) is 0 Å². The molecule has 8 nitrogen and oxygen atoms in total. The fourth-order valence-electron chi connectivity index (χ4n) is 2.16. The Morgan fingerprint density at radius 3 is 3.00 bits per heavy atom. The predicted molar refractivity (Wildman–Crippen MR) is 66.4 cm³/mol. The van der Waals surface area contributed by atoms with Crippen LogP contribution in [0.4, 0.5) is 5.82 Å². The zero-order chi connectivity index (χ0) is 13.6. The van der Waals surface area contributed by atoms with Crippen molar-refractivity contribution in [2.24, 2.45) is 0 Å². The third-order valence-corrected chi connectivity index (χ3v) is 3.28. The zero-order valence-corrected chi connectivity index (χ0v) is 10.5. The highest BCUT2D eigenvalue weighted by molar-refractivity contribution is 6.28. The maximum atomic E-state index is 9.73. The number of aliphatic hydroxyl groups is 2. The van der Waals surface area contributed by atoms with Crippen molar-refractivity contribution < 1.29 is 14.9 Å². The molecule has 0 amide bonds. The van der Waals surface area contributed by atoms with Crippen molar-refractivity contribution in [2.45, 2.75) is 24.9 Å². The third-order valence-electron chi connectivity index (χ3n) is 3.11. The van der Waals surface area contributed by atoms with Crippen molar-refractivity contribution in [3.05, 3.63) is 11.5 Å². The van der Waals surface area contributed by atoms with Crippen LogP contribution < -0.4 is 5.73 Å². The molecule has 3 rings (SSSR count). The van der Waals surface area contributed by atoms with Crippen molar-refractivity contribution in [1.82, 2.24) is 19.7 Å². The second-order valence-electron chi connectivity index (χ2n) is 4.32. The molecule has 0 spiro atoms. The standard InChI is InChI=1S/C10H12ClN5O3/c11-10-14-8(12)4-2-13-16(9(4)15-10)7-1-5(18)6(3-17)19-7/h2,5-7,17-18H,1,3H2,(H2,12,14,15)/t5-,6+,7-/m0/s1. The van der Waals surface area contributed by atoms with Crippen LogP contribution in [0.5, 0.6) is 0 Å². The Labute approximate surface area is 112 Å². The molecule has 1 aliphatic heterocycles. The molecule has 2 aromatic rings. The van der Waals surface area contributed by atoms with Crippen LogP contribution in [-0.4, -0.2) is 48.8 Å². The van der Waals surface area contributed by atoms with Crippen molar-refractivity contribution in [3.63, 3.8) is 0 Å². The van der Waals surface area contributed by atoms with Gasteiger partial charge in [0.25, 0.3) is 0 Å². The molecule has 0 saturated carbocycles. The molecule has 0 radical (unpaired) electrons. The molecule has 1 aliphatic rings. The maximum Gasteiger partial charge on any atom is 0.226 e. The summed E-state index contributed by atoms with van der Waals surface area (Å²) in [5, 5.41) is 23.5. The van der Waals surface area contributed by atoms with E-state index < -0.39 is 18.4 Å². The van der Waals surface area contributed by atoms with E-state index in [2.05, 4.69) is 15.1 Å². The molecule has 2 aromatic heterocycles. The Balaban J connectivity index is 2.02. The minimum atomic E-state index is -0.746. The molecular weight excluding hydrogens is 274 g/mol. The Morgan fingerprint density at radius 2 is 2.32 bits per heavy atom. The van der Waals surface area contributed by atoms with E-state index in [1.54, 1.807) is 0 Å². The Morgan fingerprint density at radius 1 is 1.53 bits per heavy atom. The molecule has 0 aliphatic carbocycles. The fourth-order valence-corrected chi connectivity index (χ4v) is 2.33. The summed E-state index contributed by atoms with van der Waals surface area (Å²) < 4.78 is 7.00. The number of nitrogen functional groups attached to an aromatic ring is 1. The first-order valence-corrected chi connectivity index (χ1v) is 6.08. The van der Waals surface area contributed by atoms with Gasteiger partial charge in [0.1, 0.15) is 11.9 Å². The average molecular weight is 286 g/mol. The van der Waals surface area contributed by atoms with Crippen molar-refractivity contribution >= 4 is 28.5 Å². The molecular formula is C10H12ClN5O3. The first-order chi connectivity index (χ1) is 9.10. The molecule has 102 valence electrons. The Kier molecular flexibility index (Phi) is 3.02. The van der Waals surface area contributed by atoms with Crippen LogP contribution in [0.2, 0.25) is 5.28 Å². The lowest BCUT2D eigenvalue weighted by molar-refractivity contribution is -0.0470. The molecule has 1 fully saturated rings.